The Labute approximate surface area is 214 Å². The Hall–Kier alpha value is -3.42. The first-order valence-electron chi connectivity index (χ1n) is 12.7. The van der Waals surface area contributed by atoms with Crippen LogP contribution < -0.4 is 15.5 Å². The number of likely N-dealkylation sites (tertiary alicyclic amines) is 1. The summed E-state index contributed by atoms with van der Waals surface area (Å²) >= 11 is 0. The molecule has 0 unspecified atom stereocenters. The highest BCUT2D eigenvalue weighted by Crippen LogP contribution is 2.26. The monoisotopic (exact) mass is 487 g/mol. The second kappa shape index (κ2) is 12.0. The fourth-order valence-electron chi connectivity index (χ4n) is 4.71. The number of urea groups is 1. The number of carbonyl (C=O) groups excluding carboxylic acids is 1. The summed E-state index contributed by atoms with van der Waals surface area (Å²) in [5.41, 5.74) is 3.30. The van der Waals surface area contributed by atoms with Gasteiger partial charge in [-0.3, -0.25) is 0 Å². The number of anilines is 2. The molecule has 0 atom stereocenters. The molecule has 2 aromatic carbocycles. The minimum atomic E-state index is -0.646. The predicted molar refractivity (Wildman–Crippen MR) is 145 cm³/mol. The number of carbonyl (C=O) groups is 1. The minimum Gasteiger partial charge on any atom is -0.389 e. The number of aliphatic hydroxyl groups is 1. The van der Waals surface area contributed by atoms with Gasteiger partial charge in [0.25, 0.3) is 0 Å². The van der Waals surface area contributed by atoms with Gasteiger partial charge >= 0.3 is 6.03 Å². The molecule has 0 radical (unpaired) electrons. The van der Waals surface area contributed by atoms with Crippen LogP contribution in [0.4, 0.5) is 16.3 Å². The lowest BCUT2D eigenvalue weighted by Gasteiger charge is -2.38. The molecule has 7 heteroatoms. The third-order valence-corrected chi connectivity index (χ3v) is 6.73. The minimum absolute atomic E-state index is 0.227. The predicted octanol–water partition coefficient (Wildman–Crippen LogP) is 4.22. The molecule has 1 aromatic heterocycles. The van der Waals surface area contributed by atoms with E-state index in [2.05, 4.69) is 49.7 Å². The van der Waals surface area contributed by atoms with Crippen LogP contribution in [0.5, 0.6) is 0 Å². The van der Waals surface area contributed by atoms with Crippen LogP contribution >= 0.6 is 0 Å². The zero-order valence-corrected chi connectivity index (χ0v) is 21.3. The Bertz CT molecular complexity index is 1120. The molecule has 2 heterocycles. The summed E-state index contributed by atoms with van der Waals surface area (Å²) in [7, 11) is 2.00. The molecule has 0 bridgehead atoms. The van der Waals surface area contributed by atoms with Crippen molar-refractivity contribution in [3.8, 4) is 0 Å². The number of benzene rings is 2. The molecule has 1 fully saturated rings. The van der Waals surface area contributed by atoms with Gasteiger partial charge < -0.3 is 25.5 Å². The number of aromatic nitrogens is 1. The van der Waals surface area contributed by atoms with Gasteiger partial charge in [0.2, 0.25) is 0 Å². The molecule has 36 heavy (non-hydrogen) atoms. The van der Waals surface area contributed by atoms with E-state index in [0.717, 1.165) is 56.2 Å². The van der Waals surface area contributed by atoms with Gasteiger partial charge in [0.15, 0.2) is 0 Å². The van der Waals surface area contributed by atoms with Gasteiger partial charge in [-0.05, 0) is 37.0 Å². The summed E-state index contributed by atoms with van der Waals surface area (Å²) in [6, 6.07) is 23.9. The fraction of sp³-hybridized carbons (Fsp3) is 0.379. The van der Waals surface area contributed by atoms with Crippen molar-refractivity contribution in [2.45, 2.75) is 38.3 Å². The van der Waals surface area contributed by atoms with E-state index in [1.165, 1.54) is 11.1 Å². The lowest BCUT2D eigenvalue weighted by molar-refractivity contribution is -0.0201. The van der Waals surface area contributed by atoms with Crippen molar-refractivity contribution < 1.29 is 9.90 Å². The largest absolute Gasteiger partial charge is 0.389 e. The molecule has 3 aromatic rings. The van der Waals surface area contributed by atoms with E-state index in [9.17, 15) is 9.90 Å². The number of hydrogen-bond acceptors (Lipinski definition) is 5. The molecule has 0 aliphatic carbocycles. The lowest BCUT2D eigenvalue weighted by atomic mass is 9.85. The van der Waals surface area contributed by atoms with E-state index < -0.39 is 5.60 Å². The van der Waals surface area contributed by atoms with Crippen LogP contribution in [0.25, 0.3) is 0 Å². The van der Waals surface area contributed by atoms with Crippen LogP contribution in [0.2, 0.25) is 0 Å². The van der Waals surface area contributed by atoms with Gasteiger partial charge in [0.1, 0.15) is 5.82 Å². The molecule has 7 nitrogen and oxygen atoms in total. The molecule has 1 aliphatic rings. The summed E-state index contributed by atoms with van der Waals surface area (Å²) in [6.45, 7) is 5.63. The molecule has 1 aliphatic heterocycles. The molecule has 0 saturated carbocycles. The van der Waals surface area contributed by atoms with Crippen molar-refractivity contribution in [1.29, 1.82) is 0 Å². The van der Waals surface area contributed by atoms with Crippen LogP contribution in [-0.4, -0.2) is 59.8 Å². The number of pyridine rings is 1. The smallest absolute Gasteiger partial charge is 0.319 e. The second-order valence-electron chi connectivity index (χ2n) is 9.81. The third kappa shape index (κ3) is 7.54. The number of nitrogens with zero attached hydrogens (tertiary/aromatic N) is 3. The van der Waals surface area contributed by atoms with Crippen molar-refractivity contribution in [2.75, 3.05) is 43.4 Å². The maximum atomic E-state index is 12.5. The van der Waals surface area contributed by atoms with Crippen molar-refractivity contribution in [3.05, 3.63) is 89.6 Å². The van der Waals surface area contributed by atoms with E-state index in [1.54, 1.807) is 0 Å². The topological polar surface area (TPSA) is 80.7 Å². The summed E-state index contributed by atoms with van der Waals surface area (Å²) in [5.74, 6) is 0.811. The zero-order valence-electron chi connectivity index (χ0n) is 21.3. The summed E-state index contributed by atoms with van der Waals surface area (Å²) in [5, 5.41) is 16.9. The summed E-state index contributed by atoms with van der Waals surface area (Å²) in [4.78, 5) is 21.5. The molecule has 0 spiro atoms. The van der Waals surface area contributed by atoms with Crippen molar-refractivity contribution >= 4 is 17.5 Å². The Balaban J connectivity index is 1.21. The van der Waals surface area contributed by atoms with E-state index in [1.807, 2.05) is 62.5 Å². The molecule has 190 valence electrons. The molecule has 3 N–H and O–H groups in total. The summed E-state index contributed by atoms with van der Waals surface area (Å²) in [6.07, 6.45) is 2.17. The van der Waals surface area contributed by atoms with Gasteiger partial charge in [-0.15, -0.1) is 0 Å². The molecular weight excluding hydrogens is 450 g/mol. The van der Waals surface area contributed by atoms with Gasteiger partial charge in [0.05, 0.1) is 5.60 Å². The molecule has 1 saturated heterocycles. The maximum absolute atomic E-state index is 12.5. The van der Waals surface area contributed by atoms with Crippen LogP contribution in [-0.2, 0) is 13.0 Å². The van der Waals surface area contributed by atoms with Crippen molar-refractivity contribution in [1.82, 2.24) is 15.2 Å². The molecule has 2 amide bonds. The number of amides is 2. The SMILES string of the molecule is Cc1cc(NC(=O)NCCN2CCC(O)(Cc3ccccc3)CC2)cc(N(C)Cc2ccccc2)n1. The Kier molecular flexibility index (Phi) is 8.57. The van der Waals surface area contributed by atoms with Crippen LogP contribution in [0, 0.1) is 6.92 Å². The first kappa shape index (κ1) is 25.7. The number of nitrogens with one attached hydrogen (secondary N) is 2. The van der Waals surface area contributed by atoms with Gasteiger partial charge in [-0.2, -0.15) is 0 Å². The van der Waals surface area contributed by atoms with Gasteiger partial charge in [-0.1, -0.05) is 60.7 Å². The average molecular weight is 488 g/mol. The van der Waals surface area contributed by atoms with Gasteiger partial charge in [0, 0.05) is 63.6 Å². The van der Waals surface area contributed by atoms with E-state index in [4.69, 9.17) is 0 Å². The van der Waals surface area contributed by atoms with Crippen LogP contribution in [0.3, 0.4) is 0 Å². The number of aryl methyl sites for hydroxylation is 1. The highest BCUT2D eigenvalue weighted by molar-refractivity contribution is 5.89. The first-order valence-corrected chi connectivity index (χ1v) is 12.7. The third-order valence-electron chi connectivity index (χ3n) is 6.73. The summed E-state index contributed by atoms with van der Waals surface area (Å²) < 4.78 is 0. The quantitative estimate of drug-likeness (QED) is 0.421. The number of hydrogen-bond donors (Lipinski definition) is 3. The normalized spacial score (nSPS) is 15.3. The average Bonchev–Trinajstić information content (AvgIpc) is 2.86. The Morgan fingerprint density at radius 1 is 1.03 bits per heavy atom. The Morgan fingerprint density at radius 2 is 1.67 bits per heavy atom. The molecule has 4 rings (SSSR count). The number of piperidine rings is 1. The second-order valence-corrected chi connectivity index (χ2v) is 9.81. The number of rotatable bonds is 9. The van der Waals surface area contributed by atoms with E-state index in [-0.39, 0.29) is 6.03 Å². The maximum Gasteiger partial charge on any atom is 0.319 e. The van der Waals surface area contributed by atoms with E-state index >= 15 is 0 Å². The van der Waals surface area contributed by atoms with E-state index in [0.29, 0.717) is 13.0 Å². The highest BCUT2D eigenvalue weighted by atomic mass is 16.3. The standard InChI is InChI=1S/C29H37N5O2/c1-23-19-26(20-27(31-23)33(2)22-25-11-7-4-8-12-25)32-28(35)30-15-18-34-16-13-29(36,14-17-34)21-24-9-5-3-6-10-24/h3-12,19-20,36H,13-18,21-22H2,1-2H3,(H2,30,31,32,35). The molecular formula is C29H37N5O2. The lowest BCUT2D eigenvalue weighted by Crippen LogP contribution is -2.47. The van der Waals surface area contributed by atoms with Crippen LogP contribution in [0.1, 0.15) is 29.7 Å². The Morgan fingerprint density at radius 3 is 2.33 bits per heavy atom. The highest BCUT2D eigenvalue weighted by Gasteiger charge is 2.32. The van der Waals surface area contributed by atoms with Crippen molar-refractivity contribution in [3.63, 3.8) is 0 Å². The van der Waals surface area contributed by atoms with Crippen molar-refractivity contribution in [2.24, 2.45) is 0 Å². The van der Waals surface area contributed by atoms with Gasteiger partial charge in [-0.25, -0.2) is 9.78 Å². The fourth-order valence-corrected chi connectivity index (χ4v) is 4.71. The zero-order chi connectivity index (χ0) is 25.4. The van der Waals surface area contributed by atoms with Crippen LogP contribution in [0.15, 0.2) is 72.8 Å². The first-order chi connectivity index (χ1) is 17.4.